The van der Waals surface area contributed by atoms with Crippen molar-refractivity contribution in [1.29, 1.82) is 0 Å². The maximum absolute atomic E-state index is 6.03. The predicted molar refractivity (Wildman–Crippen MR) is 139 cm³/mol. The molecule has 1 fully saturated rings. The number of nitrogen functional groups attached to an aromatic ring is 2. The molecule has 0 spiro atoms. The third-order valence-corrected chi connectivity index (χ3v) is 6.09. The largest absolute Gasteiger partial charge is 0.396 e. The summed E-state index contributed by atoms with van der Waals surface area (Å²) in [6.45, 7) is 2.85. The molecule has 9 heteroatoms. The zero-order chi connectivity index (χ0) is 23.8. The molecular formula is C26H24N8O. The molecule has 6 rings (SSSR count). The fourth-order valence-electron chi connectivity index (χ4n) is 4.25. The van der Waals surface area contributed by atoms with Crippen LogP contribution in [0.5, 0.6) is 0 Å². The molecule has 1 saturated heterocycles. The molecule has 174 valence electrons. The van der Waals surface area contributed by atoms with Crippen LogP contribution in [0.2, 0.25) is 0 Å². The van der Waals surface area contributed by atoms with Gasteiger partial charge >= 0.3 is 0 Å². The molecule has 9 nitrogen and oxygen atoms in total. The van der Waals surface area contributed by atoms with Crippen LogP contribution in [0.4, 0.5) is 17.3 Å². The maximum Gasteiger partial charge on any atom is 0.181 e. The number of pyridine rings is 2. The molecule has 0 amide bonds. The van der Waals surface area contributed by atoms with Crippen LogP contribution in [0.1, 0.15) is 11.4 Å². The molecule has 1 aliphatic rings. The van der Waals surface area contributed by atoms with Crippen LogP contribution in [-0.4, -0.2) is 50.6 Å². The van der Waals surface area contributed by atoms with E-state index < -0.39 is 0 Å². The zero-order valence-electron chi connectivity index (χ0n) is 19.0. The Bertz CT molecular complexity index is 1570. The molecule has 0 aliphatic carbocycles. The van der Waals surface area contributed by atoms with Crippen molar-refractivity contribution >= 4 is 46.0 Å². The number of fused-ring (bicyclic) bond motifs is 2. The Morgan fingerprint density at radius 3 is 2.57 bits per heavy atom. The quantitative estimate of drug-likeness (QED) is 0.415. The van der Waals surface area contributed by atoms with E-state index >= 15 is 0 Å². The van der Waals surface area contributed by atoms with Crippen molar-refractivity contribution in [2.75, 3.05) is 42.7 Å². The van der Waals surface area contributed by atoms with Gasteiger partial charge in [0.15, 0.2) is 11.5 Å². The number of ether oxygens (including phenoxy) is 1. The van der Waals surface area contributed by atoms with Crippen LogP contribution in [0.3, 0.4) is 0 Å². The van der Waals surface area contributed by atoms with E-state index in [9.17, 15) is 0 Å². The summed E-state index contributed by atoms with van der Waals surface area (Å²) in [7, 11) is 0. The van der Waals surface area contributed by atoms with Crippen molar-refractivity contribution < 1.29 is 4.74 Å². The smallest absolute Gasteiger partial charge is 0.181 e. The van der Waals surface area contributed by atoms with Gasteiger partial charge in [0.2, 0.25) is 0 Å². The third kappa shape index (κ3) is 4.02. The number of aromatic nitrogens is 5. The first-order valence-electron chi connectivity index (χ1n) is 11.4. The van der Waals surface area contributed by atoms with Crippen molar-refractivity contribution in [3.63, 3.8) is 0 Å². The lowest BCUT2D eigenvalue weighted by Gasteiger charge is -2.28. The number of nitrogens with two attached hydrogens (primary N) is 2. The number of rotatable bonds is 4. The van der Waals surface area contributed by atoms with Gasteiger partial charge in [-0.1, -0.05) is 24.3 Å². The Kier molecular flexibility index (Phi) is 5.23. The monoisotopic (exact) mass is 464 g/mol. The van der Waals surface area contributed by atoms with Gasteiger partial charge in [0.05, 0.1) is 47.7 Å². The molecule has 4 N–H and O–H groups in total. The fraction of sp³-hybridized carbons (Fsp3) is 0.154. The Labute approximate surface area is 201 Å². The number of para-hydroxylation sites is 1. The van der Waals surface area contributed by atoms with E-state index in [1.165, 1.54) is 0 Å². The summed E-state index contributed by atoms with van der Waals surface area (Å²) in [4.78, 5) is 20.8. The van der Waals surface area contributed by atoms with Gasteiger partial charge < -0.3 is 21.1 Å². The fourth-order valence-corrected chi connectivity index (χ4v) is 4.25. The van der Waals surface area contributed by atoms with Crippen molar-refractivity contribution in [3.05, 3.63) is 72.4 Å². The van der Waals surface area contributed by atoms with Gasteiger partial charge in [-0.3, -0.25) is 4.40 Å². The minimum Gasteiger partial charge on any atom is -0.396 e. The minimum absolute atomic E-state index is 0.306. The number of imidazole rings is 1. The lowest BCUT2D eigenvalue weighted by atomic mass is 10.2. The summed E-state index contributed by atoms with van der Waals surface area (Å²) >= 11 is 0. The number of hydrogen-bond donors (Lipinski definition) is 2. The van der Waals surface area contributed by atoms with E-state index in [1.54, 1.807) is 6.20 Å². The Morgan fingerprint density at radius 1 is 0.886 bits per heavy atom. The minimum atomic E-state index is 0.306. The Morgan fingerprint density at radius 2 is 1.71 bits per heavy atom. The van der Waals surface area contributed by atoms with Gasteiger partial charge in [-0.15, -0.1) is 0 Å². The van der Waals surface area contributed by atoms with E-state index in [2.05, 4.69) is 22.0 Å². The second-order valence-corrected chi connectivity index (χ2v) is 8.39. The van der Waals surface area contributed by atoms with Crippen molar-refractivity contribution in [2.24, 2.45) is 0 Å². The standard InChI is InChI=1S/C26H24N8O/c27-21-13-18(14-29-24(21)28)23-15-30-25(33-9-11-35-12-10-33)26-32-20(16-34(23)26)8-7-19-6-5-17-3-1-2-4-22(17)31-19/h1-8,13-16H,9-12,27H2,(H2,28,29)/b8-7+. The second kappa shape index (κ2) is 8.69. The van der Waals surface area contributed by atoms with Crippen LogP contribution >= 0.6 is 0 Å². The number of benzene rings is 1. The van der Waals surface area contributed by atoms with Crippen molar-refractivity contribution in [3.8, 4) is 11.3 Å². The average molecular weight is 465 g/mol. The Balaban J connectivity index is 1.44. The maximum atomic E-state index is 6.03. The van der Waals surface area contributed by atoms with Gasteiger partial charge in [0, 0.05) is 36.4 Å². The van der Waals surface area contributed by atoms with Gasteiger partial charge in [-0.25, -0.2) is 19.9 Å². The molecule has 1 aliphatic heterocycles. The molecule has 5 heterocycles. The molecule has 35 heavy (non-hydrogen) atoms. The highest BCUT2D eigenvalue weighted by molar-refractivity contribution is 5.81. The van der Waals surface area contributed by atoms with E-state index in [-0.39, 0.29) is 0 Å². The van der Waals surface area contributed by atoms with Crippen LogP contribution in [0.15, 0.2) is 61.1 Å². The first kappa shape index (κ1) is 21.1. The number of nitrogens with zero attached hydrogens (tertiary/aromatic N) is 6. The second-order valence-electron chi connectivity index (χ2n) is 8.39. The summed E-state index contributed by atoms with van der Waals surface area (Å²) in [5.74, 6) is 1.12. The normalized spacial score (nSPS) is 14.3. The lowest BCUT2D eigenvalue weighted by molar-refractivity contribution is 0.122. The van der Waals surface area contributed by atoms with Crippen molar-refractivity contribution in [2.45, 2.75) is 0 Å². The first-order chi connectivity index (χ1) is 17.2. The van der Waals surface area contributed by atoms with Crippen LogP contribution in [-0.2, 0) is 4.74 Å². The lowest BCUT2D eigenvalue weighted by Crippen LogP contribution is -2.37. The van der Waals surface area contributed by atoms with Gasteiger partial charge in [-0.2, -0.15) is 0 Å². The van der Waals surface area contributed by atoms with E-state index in [0.29, 0.717) is 24.7 Å². The molecular weight excluding hydrogens is 440 g/mol. The van der Waals surface area contributed by atoms with E-state index in [0.717, 1.165) is 58.1 Å². The summed E-state index contributed by atoms with van der Waals surface area (Å²) in [6.07, 6.45) is 9.45. The van der Waals surface area contributed by atoms with E-state index in [4.69, 9.17) is 31.2 Å². The molecule has 5 aromatic rings. The number of hydrogen-bond acceptors (Lipinski definition) is 8. The summed E-state index contributed by atoms with van der Waals surface area (Å²) < 4.78 is 7.55. The predicted octanol–water partition coefficient (Wildman–Crippen LogP) is 3.51. The van der Waals surface area contributed by atoms with Crippen molar-refractivity contribution in [1.82, 2.24) is 24.3 Å². The number of morpholine rings is 1. The van der Waals surface area contributed by atoms with E-state index in [1.807, 2.05) is 59.3 Å². The van der Waals surface area contributed by atoms with Crippen LogP contribution in [0, 0.1) is 0 Å². The molecule has 0 unspecified atom stereocenters. The summed E-state index contributed by atoms with van der Waals surface area (Å²) in [6, 6.07) is 14.0. The molecule has 0 radical (unpaired) electrons. The number of anilines is 3. The van der Waals surface area contributed by atoms with Gasteiger partial charge in [0.25, 0.3) is 0 Å². The Hall–Kier alpha value is -4.50. The molecule has 0 bridgehead atoms. The molecule has 0 atom stereocenters. The highest BCUT2D eigenvalue weighted by Gasteiger charge is 2.20. The first-order valence-corrected chi connectivity index (χ1v) is 11.4. The summed E-state index contributed by atoms with van der Waals surface area (Å²) in [5, 5.41) is 1.11. The SMILES string of the molecule is Nc1cc(-c2cnc(N3CCOCC3)c3nc(/C=C/c4ccc5ccccc5n4)cn23)cnc1N. The summed E-state index contributed by atoms with van der Waals surface area (Å²) in [5.41, 5.74) is 17.3. The van der Waals surface area contributed by atoms with Crippen LogP contribution < -0.4 is 16.4 Å². The highest BCUT2D eigenvalue weighted by atomic mass is 16.5. The average Bonchev–Trinajstić information content (AvgIpc) is 3.33. The topological polar surface area (TPSA) is 120 Å². The zero-order valence-corrected chi connectivity index (χ0v) is 19.0. The third-order valence-electron chi connectivity index (χ3n) is 6.09. The van der Waals surface area contributed by atoms with Gasteiger partial charge in [-0.05, 0) is 30.4 Å². The molecule has 1 aromatic carbocycles. The van der Waals surface area contributed by atoms with Crippen LogP contribution in [0.25, 0.3) is 40.0 Å². The highest BCUT2D eigenvalue weighted by Crippen LogP contribution is 2.29. The van der Waals surface area contributed by atoms with Gasteiger partial charge in [0.1, 0.15) is 5.82 Å². The molecule has 0 saturated carbocycles. The molecule has 4 aromatic heterocycles.